The van der Waals surface area contributed by atoms with Crippen molar-refractivity contribution >= 4 is 23.2 Å². The van der Waals surface area contributed by atoms with Crippen LogP contribution in [0.3, 0.4) is 0 Å². The molecule has 0 aliphatic carbocycles. The van der Waals surface area contributed by atoms with Crippen molar-refractivity contribution in [2.45, 2.75) is 72.8 Å². The van der Waals surface area contributed by atoms with Crippen molar-refractivity contribution in [3.63, 3.8) is 0 Å². The first kappa shape index (κ1) is 27.3. The zero-order valence-corrected chi connectivity index (χ0v) is 23.1. The monoisotopic (exact) mass is 498 g/mol. The van der Waals surface area contributed by atoms with Gasteiger partial charge in [0.15, 0.2) is 0 Å². The van der Waals surface area contributed by atoms with E-state index in [0.29, 0.717) is 19.5 Å². The molecule has 0 bridgehead atoms. The first-order valence-corrected chi connectivity index (χ1v) is 13.8. The molecular weight excluding hydrogens is 456 g/mol. The van der Waals surface area contributed by atoms with Gasteiger partial charge in [-0.25, -0.2) is 0 Å². The fourth-order valence-corrected chi connectivity index (χ4v) is 6.07. The Morgan fingerprint density at radius 1 is 1.20 bits per heavy atom. The fourth-order valence-electron chi connectivity index (χ4n) is 5.17. The van der Waals surface area contributed by atoms with E-state index >= 15 is 0 Å². The normalized spacial score (nSPS) is 16.5. The molecule has 6 heteroatoms. The third kappa shape index (κ3) is 7.33. The van der Waals surface area contributed by atoms with Gasteiger partial charge in [-0.3, -0.25) is 9.59 Å². The Hall–Kier alpha value is -2.34. The van der Waals surface area contributed by atoms with Crippen LogP contribution < -0.4 is 4.74 Å². The molecule has 2 unspecified atom stereocenters. The van der Waals surface area contributed by atoms with E-state index in [-0.39, 0.29) is 35.7 Å². The van der Waals surface area contributed by atoms with Crippen LogP contribution in [-0.4, -0.2) is 48.4 Å². The maximum absolute atomic E-state index is 13.7. The highest BCUT2D eigenvalue weighted by molar-refractivity contribution is 7.10. The van der Waals surface area contributed by atoms with Crippen molar-refractivity contribution in [2.24, 2.45) is 11.3 Å². The van der Waals surface area contributed by atoms with Crippen molar-refractivity contribution in [1.82, 2.24) is 9.80 Å². The van der Waals surface area contributed by atoms with Crippen LogP contribution in [0.15, 0.2) is 35.7 Å². The summed E-state index contributed by atoms with van der Waals surface area (Å²) in [5.74, 6) is 1.21. The molecule has 1 aliphatic rings. The quantitative estimate of drug-likeness (QED) is 0.385. The van der Waals surface area contributed by atoms with E-state index in [9.17, 15) is 9.59 Å². The van der Waals surface area contributed by atoms with Crippen LogP contribution in [0.25, 0.3) is 0 Å². The Labute approximate surface area is 215 Å². The zero-order chi connectivity index (χ0) is 25.6. The van der Waals surface area contributed by atoms with Crippen molar-refractivity contribution in [1.29, 1.82) is 0 Å². The van der Waals surface area contributed by atoms with Crippen LogP contribution in [0.4, 0.5) is 0 Å². The molecule has 0 N–H and O–H groups in total. The van der Waals surface area contributed by atoms with E-state index in [1.165, 1.54) is 10.4 Å². The summed E-state index contributed by atoms with van der Waals surface area (Å²) in [6, 6.07) is 10.0. The minimum absolute atomic E-state index is 0.0237. The molecule has 35 heavy (non-hydrogen) atoms. The second-order valence-electron chi connectivity index (χ2n) is 11.1. The van der Waals surface area contributed by atoms with Gasteiger partial charge in [0, 0.05) is 24.4 Å². The molecule has 3 rings (SSSR count). The Morgan fingerprint density at radius 2 is 1.91 bits per heavy atom. The van der Waals surface area contributed by atoms with Crippen molar-refractivity contribution < 1.29 is 14.3 Å². The SMILES string of the molecule is CCCCN(CC(=O)N1CCc2sccc2C1c1ccc(OC)cc1)C(=O)CC(C)CC(C)(C)C. The van der Waals surface area contributed by atoms with Gasteiger partial charge in [-0.05, 0) is 65.3 Å². The molecule has 192 valence electrons. The van der Waals surface area contributed by atoms with Gasteiger partial charge in [0.2, 0.25) is 11.8 Å². The number of fused-ring (bicyclic) bond motifs is 1. The predicted octanol–water partition coefficient (Wildman–Crippen LogP) is 6.32. The Kier molecular flexibility index (Phi) is 9.40. The Morgan fingerprint density at radius 3 is 2.54 bits per heavy atom. The van der Waals surface area contributed by atoms with Crippen LogP contribution in [-0.2, 0) is 16.0 Å². The van der Waals surface area contributed by atoms with Crippen LogP contribution in [0.1, 0.15) is 82.3 Å². The number of nitrogens with zero attached hydrogens (tertiary/aromatic N) is 2. The lowest BCUT2D eigenvalue weighted by atomic mass is 9.84. The maximum Gasteiger partial charge on any atom is 0.242 e. The highest BCUT2D eigenvalue weighted by Gasteiger charge is 2.34. The van der Waals surface area contributed by atoms with Crippen molar-refractivity contribution in [2.75, 3.05) is 26.7 Å². The molecule has 0 spiro atoms. The number of amides is 2. The minimum Gasteiger partial charge on any atom is -0.497 e. The van der Waals surface area contributed by atoms with Crippen LogP contribution in [0, 0.1) is 11.3 Å². The van der Waals surface area contributed by atoms with Crippen molar-refractivity contribution in [3.05, 3.63) is 51.7 Å². The standard InChI is InChI=1S/C29H42N2O3S/c1-7-8-15-30(26(32)18-21(2)19-29(3,4)5)20-27(33)31-16-13-25-24(14-17-35-25)28(31)22-9-11-23(34-6)12-10-22/h9-12,14,17,21,28H,7-8,13,15-16,18-20H2,1-6H3. The van der Waals surface area contributed by atoms with E-state index < -0.39 is 0 Å². The summed E-state index contributed by atoms with van der Waals surface area (Å²) in [6.45, 7) is 12.3. The molecule has 0 saturated heterocycles. The van der Waals surface area contributed by atoms with Gasteiger partial charge in [-0.2, -0.15) is 0 Å². The van der Waals surface area contributed by atoms with E-state index in [2.05, 4.69) is 46.1 Å². The summed E-state index contributed by atoms with van der Waals surface area (Å²) in [7, 11) is 1.66. The minimum atomic E-state index is -0.133. The third-order valence-electron chi connectivity index (χ3n) is 6.66. The van der Waals surface area contributed by atoms with Crippen LogP contribution >= 0.6 is 11.3 Å². The number of ether oxygens (including phenoxy) is 1. The molecule has 5 nitrogen and oxygen atoms in total. The molecule has 1 aliphatic heterocycles. The van der Waals surface area contributed by atoms with Gasteiger partial charge >= 0.3 is 0 Å². The summed E-state index contributed by atoms with van der Waals surface area (Å²) in [6.07, 6.45) is 4.23. The second kappa shape index (κ2) is 12.1. The number of rotatable bonds is 10. The van der Waals surface area contributed by atoms with Gasteiger partial charge in [0.1, 0.15) is 5.75 Å². The average Bonchev–Trinajstić information content (AvgIpc) is 3.28. The van der Waals surface area contributed by atoms with E-state index in [1.54, 1.807) is 23.3 Å². The van der Waals surface area contributed by atoms with Gasteiger partial charge < -0.3 is 14.5 Å². The average molecular weight is 499 g/mol. The molecule has 0 radical (unpaired) electrons. The third-order valence-corrected chi connectivity index (χ3v) is 7.66. The lowest BCUT2D eigenvalue weighted by Gasteiger charge is -2.38. The summed E-state index contributed by atoms with van der Waals surface area (Å²) in [4.78, 5) is 32.1. The highest BCUT2D eigenvalue weighted by atomic mass is 32.1. The topological polar surface area (TPSA) is 49.9 Å². The summed E-state index contributed by atoms with van der Waals surface area (Å²) in [5, 5.41) is 2.11. The Bertz CT molecular complexity index is 977. The largest absolute Gasteiger partial charge is 0.497 e. The predicted molar refractivity (Wildman–Crippen MR) is 144 cm³/mol. The maximum atomic E-state index is 13.7. The number of unbranched alkanes of at least 4 members (excludes halogenated alkanes) is 1. The highest BCUT2D eigenvalue weighted by Crippen LogP contribution is 2.38. The molecule has 2 heterocycles. The number of carbonyl (C=O) groups is 2. The molecule has 1 aromatic carbocycles. The van der Waals surface area contributed by atoms with E-state index in [4.69, 9.17) is 4.74 Å². The number of carbonyl (C=O) groups excluding carboxylic acids is 2. The van der Waals surface area contributed by atoms with Gasteiger partial charge in [0.25, 0.3) is 0 Å². The molecular formula is C29H42N2O3S. The Balaban J connectivity index is 1.79. The summed E-state index contributed by atoms with van der Waals surface area (Å²) in [5.41, 5.74) is 2.45. The molecule has 2 amide bonds. The van der Waals surface area contributed by atoms with Crippen molar-refractivity contribution in [3.8, 4) is 5.75 Å². The van der Waals surface area contributed by atoms with Crippen LogP contribution in [0.5, 0.6) is 5.75 Å². The summed E-state index contributed by atoms with van der Waals surface area (Å²) >= 11 is 1.76. The van der Waals surface area contributed by atoms with Gasteiger partial charge in [-0.15, -0.1) is 11.3 Å². The zero-order valence-electron chi connectivity index (χ0n) is 22.3. The van der Waals surface area contributed by atoms with Gasteiger partial charge in [0.05, 0.1) is 19.7 Å². The van der Waals surface area contributed by atoms with Crippen LogP contribution in [0.2, 0.25) is 0 Å². The molecule has 1 aromatic heterocycles. The number of benzene rings is 1. The smallest absolute Gasteiger partial charge is 0.242 e. The summed E-state index contributed by atoms with van der Waals surface area (Å²) < 4.78 is 5.34. The molecule has 0 saturated carbocycles. The number of hydrogen-bond acceptors (Lipinski definition) is 4. The first-order valence-electron chi connectivity index (χ1n) is 12.9. The van der Waals surface area contributed by atoms with E-state index in [1.807, 2.05) is 29.2 Å². The number of thiophene rings is 1. The molecule has 0 fully saturated rings. The fraction of sp³-hybridized carbons (Fsp3) is 0.586. The van der Waals surface area contributed by atoms with E-state index in [0.717, 1.165) is 37.0 Å². The lowest BCUT2D eigenvalue weighted by Crippen LogP contribution is -2.47. The molecule has 2 atom stereocenters. The van der Waals surface area contributed by atoms with Gasteiger partial charge in [-0.1, -0.05) is 53.2 Å². The number of hydrogen-bond donors (Lipinski definition) is 0. The number of methoxy groups -OCH3 is 1. The first-order chi connectivity index (χ1) is 16.6. The lowest BCUT2D eigenvalue weighted by molar-refractivity contribution is -0.142. The molecule has 2 aromatic rings. The second-order valence-corrected chi connectivity index (χ2v) is 12.1.